The average molecular weight is 210 g/mol. The molecule has 0 aromatic carbocycles. The maximum absolute atomic E-state index is 12.3. The molecule has 0 aromatic rings. The fraction of sp³-hybridized carbons (Fsp3) is 0.875. The third-order valence-corrected chi connectivity index (χ3v) is 2.11. The number of alkyl halides is 3. The normalized spacial score (nSPS) is 24.0. The third kappa shape index (κ3) is 2.10. The van der Waals surface area contributed by atoms with Crippen LogP contribution in [-0.4, -0.2) is 35.2 Å². The van der Waals surface area contributed by atoms with Gasteiger partial charge < -0.3 is 10.2 Å². The Kier molecular flexibility index (Phi) is 2.41. The van der Waals surface area contributed by atoms with Gasteiger partial charge in [-0.05, 0) is 20.8 Å². The van der Waals surface area contributed by atoms with Crippen molar-refractivity contribution in [3.63, 3.8) is 0 Å². The van der Waals surface area contributed by atoms with E-state index in [0.29, 0.717) is 0 Å². The molecular formula is C8H13F3N2O. The zero-order valence-electron chi connectivity index (χ0n) is 8.27. The highest BCUT2D eigenvalue weighted by Crippen LogP contribution is 2.27. The molecular weight excluding hydrogens is 197 g/mol. The topological polar surface area (TPSA) is 32.3 Å². The average Bonchev–Trinajstić information content (AvgIpc) is 2.27. The quantitative estimate of drug-likeness (QED) is 0.649. The van der Waals surface area contributed by atoms with Gasteiger partial charge in [0.05, 0.1) is 6.54 Å². The van der Waals surface area contributed by atoms with Gasteiger partial charge in [0.15, 0.2) is 0 Å². The third-order valence-electron chi connectivity index (χ3n) is 2.11. The highest BCUT2D eigenvalue weighted by molar-refractivity contribution is 5.77. The van der Waals surface area contributed by atoms with Gasteiger partial charge in [0.25, 0.3) is 0 Å². The smallest absolute Gasteiger partial charge is 0.324 e. The Morgan fingerprint density at radius 3 is 2.07 bits per heavy atom. The van der Waals surface area contributed by atoms with E-state index in [1.165, 1.54) is 4.90 Å². The summed E-state index contributed by atoms with van der Waals surface area (Å²) < 4.78 is 36.8. The van der Waals surface area contributed by atoms with Crippen molar-refractivity contribution in [2.75, 3.05) is 6.54 Å². The van der Waals surface area contributed by atoms with E-state index in [4.69, 9.17) is 0 Å². The van der Waals surface area contributed by atoms with Crippen molar-refractivity contribution in [2.45, 2.75) is 38.5 Å². The fourth-order valence-electron chi connectivity index (χ4n) is 1.30. The van der Waals surface area contributed by atoms with E-state index in [1.54, 1.807) is 20.8 Å². The van der Waals surface area contributed by atoms with Crippen LogP contribution in [0.1, 0.15) is 20.8 Å². The van der Waals surface area contributed by atoms with Crippen molar-refractivity contribution >= 4 is 6.03 Å². The lowest BCUT2D eigenvalue weighted by atomic mass is 10.1. The summed E-state index contributed by atoms with van der Waals surface area (Å²) in [5.74, 6) is 0. The molecule has 1 atom stereocenters. The number of nitrogens with one attached hydrogen (secondary N) is 1. The van der Waals surface area contributed by atoms with Crippen molar-refractivity contribution in [1.82, 2.24) is 10.2 Å². The number of amides is 2. The van der Waals surface area contributed by atoms with Crippen LogP contribution in [-0.2, 0) is 0 Å². The standard InChI is InChI=1S/C8H13F3N2O/c1-7(2,3)13-4-5(8(9,10)11)12-6(13)14/h5H,4H2,1-3H3,(H,12,14). The summed E-state index contributed by atoms with van der Waals surface area (Å²) in [6, 6.07) is -2.39. The second kappa shape index (κ2) is 3.03. The lowest BCUT2D eigenvalue weighted by Gasteiger charge is -2.30. The van der Waals surface area contributed by atoms with Crippen LogP contribution in [0.25, 0.3) is 0 Å². The van der Waals surface area contributed by atoms with Crippen LogP contribution in [0.4, 0.5) is 18.0 Å². The minimum Gasteiger partial charge on any atom is -0.324 e. The Balaban J connectivity index is 2.75. The molecule has 1 rings (SSSR count). The molecule has 0 bridgehead atoms. The Morgan fingerprint density at radius 2 is 1.86 bits per heavy atom. The van der Waals surface area contributed by atoms with E-state index in [0.717, 1.165) is 0 Å². The molecule has 1 fully saturated rings. The van der Waals surface area contributed by atoms with Crippen molar-refractivity contribution in [3.8, 4) is 0 Å². The van der Waals surface area contributed by atoms with Gasteiger partial charge in [-0.25, -0.2) is 4.79 Å². The molecule has 0 saturated carbocycles. The number of carbonyl (C=O) groups excluding carboxylic acids is 1. The SMILES string of the molecule is CC(C)(C)N1CC(C(F)(F)F)NC1=O. The van der Waals surface area contributed by atoms with Crippen LogP contribution < -0.4 is 5.32 Å². The van der Waals surface area contributed by atoms with E-state index in [2.05, 4.69) is 0 Å². The second-order valence-corrected chi connectivity index (χ2v) is 4.33. The number of nitrogens with zero attached hydrogens (tertiary/aromatic N) is 1. The lowest BCUT2D eigenvalue weighted by molar-refractivity contribution is -0.150. The van der Waals surface area contributed by atoms with Crippen LogP contribution in [0.3, 0.4) is 0 Å². The minimum absolute atomic E-state index is 0.314. The Bertz CT molecular complexity index is 244. The van der Waals surface area contributed by atoms with Gasteiger partial charge in [0.2, 0.25) is 0 Å². The van der Waals surface area contributed by atoms with E-state index in [1.807, 2.05) is 5.32 Å². The monoisotopic (exact) mass is 210 g/mol. The number of hydrogen-bond donors (Lipinski definition) is 1. The van der Waals surface area contributed by atoms with Crippen LogP contribution in [0.15, 0.2) is 0 Å². The molecule has 1 heterocycles. The number of rotatable bonds is 0. The van der Waals surface area contributed by atoms with Crippen molar-refractivity contribution in [3.05, 3.63) is 0 Å². The summed E-state index contributed by atoms with van der Waals surface area (Å²) >= 11 is 0. The van der Waals surface area contributed by atoms with Gasteiger partial charge in [-0.2, -0.15) is 13.2 Å². The Labute approximate surface area is 80.3 Å². The molecule has 0 spiro atoms. The fourth-order valence-corrected chi connectivity index (χ4v) is 1.30. The predicted octanol–water partition coefficient (Wildman–Crippen LogP) is 1.74. The number of carbonyl (C=O) groups is 1. The number of urea groups is 1. The van der Waals surface area contributed by atoms with E-state index in [-0.39, 0.29) is 6.54 Å². The zero-order valence-corrected chi connectivity index (χ0v) is 8.27. The lowest BCUT2D eigenvalue weighted by Crippen LogP contribution is -2.43. The highest BCUT2D eigenvalue weighted by Gasteiger charge is 2.48. The largest absolute Gasteiger partial charge is 0.410 e. The molecule has 82 valence electrons. The van der Waals surface area contributed by atoms with Crippen molar-refractivity contribution in [2.24, 2.45) is 0 Å². The molecule has 0 radical (unpaired) electrons. The van der Waals surface area contributed by atoms with Crippen LogP contribution in [0, 0.1) is 0 Å². The summed E-state index contributed by atoms with van der Waals surface area (Å²) in [5, 5.41) is 1.91. The zero-order chi connectivity index (χ0) is 11.1. The van der Waals surface area contributed by atoms with Crippen LogP contribution in [0.2, 0.25) is 0 Å². The molecule has 1 aliphatic heterocycles. The van der Waals surface area contributed by atoms with Gasteiger partial charge in [-0.3, -0.25) is 0 Å². The van der Waals surface area contributed by atoms with E-state index < -0.39 is 23.8 Å². The summed E-state index contributed by atoms with van der Waals surface area (Å²) in [6.07, 6.45) is -4.37. The first-order valence-corrected chi connectivity index (χ1v) is 4.27. The maximum Gasteiger partial charge on any atom is 0.410 e. The highest BCUT2D eigenvalue weighted by atomic mass is 19.4. The first kappa shape index (κ1) is 11.1. The Hall–Kier alpha value is -0.940. The number of halogens is 3. The minimum atomic E-state index is -4.37. The molecule has 1 N–H and O–H groups in total. The van der Waals surface area contributed by atoms with Crippen molar-refractivity contribution in [1.29, 1.82) is 0 Å². The van der Waals surface area contributed by atoms with Gasteiger partial charge in [-0.1, -0.05) is 0 Å². The van der Waals surface area contributed by atoms with Gasteiger partial charge in [-0.15, -0.1) is 0 Å². The molecule has 1 aliphatic rings. The summed E-state index contributed by atoms with van der Waals surface area (Å²) in [5.41, 5.74) is -0.579. The first-order valence-electron chi connectivity index (χ1n) is 4.27. The number of hydrogen-bond acceptors (Lipinski definition) is 1. The van der Waals surface area contributed by atoms with Gasteiger partial charge in [0, 0.05) is 5.54 Å². The Morgan fingerprint density at radius 1 is 1.36 bits per heavy atom. The van der Waals surface area contributed by atoms with Crippen LogP contribution in [0.5, 0.6) is 0 Å². The summed E-state index contributed by atoms with van der Waals surface area (Å²) in [4.78, 5) is 12.4. The molecule has 14 heavy (non-hydrogen) atoms. The molecule has 0 aromatic heterocycles. The molecule has 3 nitrogen and oxygen atoms in total. The molecule has 6 heteroatoms. The second-order valence-electron chi connectivity index (χ2n) is 4.33. The van der Waals surface area contributed by atoms with Crippen LogP contribution >= 0.6 is 0 Å². The first-order chi connectivity index (χ1) is 6.12. The predicted molar refractivity (Wildman–Crippen MR) is 44.8 cm³/mol. The maximum atomic E-state index is 12.3. The summed E-state index contributed by atoms with van der Waals surface area (Å²) in [6.45, 7) is 4.79. The molecule has 1 saturated heterocycles. The molecule has 0 aliphatic carbocycles. The summed E-state index contributed by atoms with van der Waals surface area (Å²) in [7, 11) is 0. The van der Waals surface area contributed by atoms with E-state index in [9.17, 15) is 18.0 Å². The van der Waals surface area contributed by atoms with Crippen molar-refractivity contribution < 1.29 is 18.0 Å². The van der Waals surface area contributed by atoms with E-state index >= 15 is 0 Å². The molecule has 1 unspecified atom stereocenters. The van der Waals surface area contributed by atoms with Gasteiger partial charge >= 0.3 is 12.2 Å². The van der Waals surface area contributed by atoms with Gasteiger partial charge in [0.1, 0.15) is 6.04 Å². The molecule has 2 amide bonds.